The zero-order chi connectivity index (χ0) is 49.1. The van der Waals surface area contributed by atoms with Crippen molar-refractivity contribution in [2.24, 2.45) is 0 Å². The second-order valence-electron chi connectivity index (χ2n) is 21.0. The van der Waals surface area contributed by atoms with E-state index < -0.39 is 13.7 Å². The van der Waals surface area contributed by atoms with Crippen LogP contribution in [0.25, 0.3) is 77.2 Å². The monoisotopic (exact) mass is 1050 g/mol. The van der Waals surface area contributed by atoms with Crippen LogP contribution in [0.5, 0.6) is 11.5 Å². The largest absolute Gasteiger partial charge is 2.00 e. The van der Waals surface area contributed by atoms with E-state index >= 15 is 0 Å². The van der Waals surface area contributed by atoms with Gasteiger partial charge >= 0.3 is 21.1 Å². The molecule has 6 heterocycles. The number of imidazole rings is 2. The number of ether oxygens (including phenoxy) is 1. The summed E-state index contributed by atoms with van der Waals surface area (Å²) < 4.78 is 64.6. The first-order valence-corrected chi connectivity index (χ1v) is 23.4. The molecule has 0 radical (unpaired) electrons. The molecule has 0 N–H and O–H groups in total. The van der Waals surface area contributed by atoms with Crippen molar-refractivity contribution in [1.29, 1.82) is 0 Å². The van der Waals surface area contributed by atoms with E-state index in [4.69, 9.17) is 22.9 Å². The first kappa shape index (κ1) is 34.5. The molecule has 5 nitrogen and oxygen atoms in total. The molecular formula is C60H52N4OPt. The van der Waals surface area contributed by atoms with E-state index in [1.807, 2.05) is 36.4 Å². The third-order valence-corrected chi connectivity index (χ3v) is 17.5. The first-order valence-electron chi connectivity index (χ1n) is 26.4. The van der Waals surface area contributed by atoms with Crippen LogP contribution in [0.1, 0.15) is 120 Å². The maximum atomic E-state index is 8.86. The van der Waals surface area contributed by atoms with Crippen LogP contribution in [0.2, 0.25) is 0 Å². The summed E-state index contributed by atoms with van der Waals surface area (Å²) in [5.41, 5.74) is 13.4. The summed E-state index contributed by atoms with van der Waals surface area (Å²) in [4.78, 5) is 11.2. The second kappa shape index (κ2) is 13.2. The molecular weight excluding hydrogens is 988 g/mol. The van der Waals surface area contributed by atoms with Gasteiger partial charge in [-0.25, -0.2) is 0 Å². The Morgan fingerprint density at radius 3 is 1.44 bits per heavy atom. The summed E-state index contributed by atoms with van der Waals surface area (Å²) in [6.45, 7) is 9.21. The SMILES string of the molecule is [2H]C([2H])([2H])c1ccc2c3c1c1ccc(Oc4[c-]c5c(cc4)c4c(C([2H])([2H])[2H])ccc6c4n4c7c(nc54)-c4ccccc4CCCC7(C)C6(C)C)[c-]c1c1nc4c(n13)C(C)(CCCc1ccccc1-4)C2(C)C.[Pt+2]. The molecule has 14 rings (SSSR count). The zero-order valence-corrected chi connectivity index (χ0v) is 40.3. The smallest absolute Gasteiger partial charge is 0.497 e. The quantitative estimate of drug-likeness (QED) is 0.128. The van der Waals surface area contributed by atoms with Crippen LogP contribution in [0, 0.1) is 25.8 Å². The van der Waals surface area contributed by atoms with Crippen LogP contribution < -0.4 is 4.74 Å². The number of rotatable bonds is 2. The van der Waals surface area contributed by atoms with Crippen molar-refractivity contribution >= 4 is 54.6 Å². The van der Waals surface area contributed by atoms with Gasteiger partial charge in [0, 0.05) is 74.9 Å². The summed E-state index contributed by atoms with van der Waals surface area (Å²) >= 11 is 0. The van der Waals surface area contributed by atoms with E-state index in [9.17, 15) is 0 Å². The van der Waals surface area contributed by atoms with Gasteiger partial charge in [-0.15, -0.1) is 12.1 Å². The first-order chi connectivity index (χ1) is 33.7. The van der Waals surface area contributed by atoms with Crippen molar-refractivity contribution < 1.29 is 34.0 Å². The summed E-state index contributed by atoms with van der Waals surface area (Å²) in [5.74, 6) is 0.832. The van der Waals surface area contributed by atoms with Crippen molar-refractivity contribution in [2.45, 2.75) is 115 Å². The van der Waals surface area contributed by atoms with Crippen molar-refractivity contribution in [1.82, 2.24) is 18.8 Å². The van der Waals surface area contributed by atoms with Crippen LogP contribution >= 0.6 is 0 Å². The topological polar surface area (TPSA) is 43.8 Å². The molecule has 2 aliphatic heterocycles. The third kappa shape index (κ3) is 4.76. The summed E-state index contributed by atoms with van der Waals surface area (Å²) in [5, 5.41) is 4.20. The Hall–Kier alpha value is -5.77. The Balaban J connectivity index is 0.00000504. The Kier molecular flexibility index (Phi) is 6.92. The number of aryl methyl sites for hydroxylation is 4. The molecule has 4 aliphatic rings. The van der Waals surface area contributed by atoms with Crippen LogP contribution in [-0.4, -0.2) is 18.8 Å². The standard InChI is InChI=1S/C60H52N4O.Pt/c1-33-21-27-45-51-47(33)41-25-23-37(31-43(41)55-61-49-39-19-11-9-15-35(39)17-13-29-59(7,57(45,3)4)53(49)63(51)55)65-38-24-26-42-44(32-38)56-62-50-40-20-12-10-16-36(40)18-14-30-60(8)54(50)64(56)52-46(58(60,5)6)28-22-34(2)48(42)52;/h9-12,15-16,19-28H,13-14,17-18,29-30H2,1-8H3;/q-2;+2/i1D3,2D3;. The fourth-order valence-electron chi connectivity index (χ4n) is 13.4. The molecule has 6 heteroatoms. The molecule has 2 atom stereocenters. The van der Waals surface area contributed by atoms with E-state index in [1.165, 1.54) is 11.1 Å². The van der Waals surface area contributed by atoms with Crippen molar-refractivity contribution in [2.75, 3.05) is 0 Å². The minimum absolute atomic E-state index is 0. The fourth-order valence-corrected chi connectivity index (χ4v) is 13.4. The average Bonchev–Trinajstić information content (AvgIpc) is 3.93. The predicted molar refractivity (Wildman–Crippen MR) is 265 cm³/mol. The predicted octanol–water partition coefficient (Wildman–Crippen LogP) is 14.7. The van der Waals surface area contributed by atoms with Crippen LogP contribution in [0.15, 0.2) is 97.1 Å². The Labute approximate surface area is 408 Å². The maximum absolute atomic E-state index is 8.86. The van der Waals surface area contributed by atoms with Gasteiger partial charge in [0.1, 0.15) is 0 Å². The molecule has 66 heavy (non-hydrogen) atoms. The number of nitrogens with zero attached hydrogens (tertiary/aromatic N) is 4. The number of benzene rings is 6. The molecule has 2 unspecified atom stereocenters. The molecule has 0 saturated carbocycles. The van der Waals surface area contributed by atoms with E-state index in [1.54, 1.807) is 0 Å². The number of fused-ring (bicyclic) bond motifs is 10. The minimum atomic E-state index is -2.39. The summed E-state index contributed by atoms with van der Waals surface area (Å²) in [6.07, 6.45) is 5.75. The molecule has 328 valence electrons. The zero-order valence-electron chi connectivity index (χ0n) is 44.0. The summed E-state index contributed by atoms with van der Waals surface area (Å²) in [7, 11) is 0. The van der Waals surface area contributed by atoms with E-state index in [0.29, 0.717) is 55.5 Å². The normalized spacial score (nSPS) is 22.6. The van der Waals surface area contributed by atoms with E-state index in [0.717, 1.165) is 105 Å². The van der Waals surface area contributed by atoms with Crippen LogP contribution in [-0.2, 0) is 55.6 Å². The van der Waals surface area contributed by atoms with Crippen molar-refractivity contribution in [3.05, 3.63) is 154 Å². The molecule has 6 aromatic carbocycles. The molecule has 10 aromatic rings. The molecule has 0 fully saturated rings. The number of hydrogen-bond acceptors (Lipinski definition) is 3. The molecule has 2 aliphatic carbocycles. The van der Waals surface area contributed by atoms with Gasteiger partial charge in [-0.2, -0.15) is 0 Å². The van der Waals surface area contributed by atoms with Crippen LogP contribution in [0.3, 0.4) is 0 Å². The average molecular weight is 1050 g/mol. The van der Waals surface area contributed by atoms with Gasteiger partial charge in [0.15, 0.2) is 0 Å². The molecule has 0 spiro atoms. The van der Waals surface area contributed by atoms with E-state index in [2.05, 4.69) is 123 Å². The molecule has 0 amide bonds. The molecule has 4 aromatic heterocycles. The minimum Gasteiger partial charge on any atom is -0.497 e. The maximum Gasteiger partial charge on any atom is 2.00 e. The van der Waals surface area contributed by atoms with Gasteiger partial charge in [0.25, 0.3) is 0 Å². The van der Waals surface area contributed by atoms with Gasteiger partial charge in [0.05, 0.1) is 22.7 Å². The number of aromatic nitrogens is 4. The van der Waals surface area contributed by atoms with Crippen molar-refractivity contribution in [3.63, 3.8) is 0 Å². The molecule has 0 bridgehead atoms. The number of hydrogen-bond donors (Lipinski definition) is 0. The summed E-state index contributed by atoms with van der Waals surface area (Å²) in [6, 6.07) is 39.8. The van der Waals surface area contributed by atoms with Gasteiger partial charge in [-0.3, -0.25) is 9.97 Å². The Bertz CT molecular complexity index is 3810. The van der Waals surface area contributed by atoms with Crippen LogP contribution in [0.4, 0.5) is 0 Å². The Morgan fingerprint density at radius 2 is 1.00 bits per heavy atom. The van der Waals surface area contributed by atoms with Gasteiger partial charge < -0.3 is 13.5 Å². The van der Waals surface area contributed by atoms with Gasteiger partial charge in [-0.1, -0.05) is 171 Å². The number of pyridine rings is 2. The Morgan fingerprint density at radius 1 is 0.561 bits per heavy atom. The van der Waals surface area contributed by atoms with E-state index in [-0.39, 0.29) is 42.7 Å². The fraction of sp³-hybridized carbons (Fsp3) is 0.300. The van der Waals surface area contributed by atoms with Crippen molar-refractivity contribution in [3.8, 4) is 34.0 Å². The third-order valence-electron chi connectivity index (χ3n) is 17.5. The molecule has 0 saturated heterocycles. The van der Waals surface area contributed by atoms with Gasteiger partial charge in [-0.05, 0) is 85.3 Å². The second-order valence-corrected chi connectivity index (χ2v) is 21.0. The van der Waals surface area contributed by atoms with Gasteiger partial charge in [0.2, 0.25) is 0 Å².